The van der Waals surface area contributed by atoms with Crippen molar-refractivity contribution >= 4 is 12.0 Å². The van der Waals surface area contributed by atoms with Gasteiger partial charge in [0.05, 0.1) is 18.1 Å². The summed E-state index contributed by atoms with van der Waals surface area (Å²) in [4.78, 5) is 26.1. The van der Waals surface area contributed by atoms with Crippen molar-refractivity contribution in [2.24, 2.45) is 5.92 Å². The first-order valence-electron chi connectivity index (χ1n) is 9.76. The highest BCUT2D eigenvalue weighted by atomic mass is 16.6. The third kappa shape index (κ3) is 5.56. The van der Waals surface area contributed by atoms with Crippen LogP contribution < -0.4 is 0 Å². The van der Waals surface area contributed by atoms with Gasteiger partial charge in [-0.1, -0.05) is 76.3 Å². The topological polar surface area (TPSA) is 66.8 Å². The Labute approximate surface area is 156 Å². The molecule has 0 aromatic heterocycles. The van der Waals surface area contributed by atoms with Crippen LogP contribution >= 0.6 is 0 Å². The van der Waals surface area contributed by atoms with Gasteiger partial charge in [-0.05, 0) is 18.4 Å². The summed E-state index contributed by atoms with van der Waals surface area (Å²) in [7, 11) is 0. The van der Waals surface area contributed by atoms with Crippen molar-refractivity contribution < 1.29 is 19.4 Å². The second kappa shape index (κ2) is 10.3. The molecule has 1 aromatic rings. The van der Waals surface area contributed by atoms with Gasteiger partial charge in [0.25, 0.3) is 0 Å². The van der Waals surface area contributed by atoms with Crippen LogP contribution in [0.5, 0.6) is 0 Å². The zero-order valence-corrected chi connectivity index (χ0v) is 15.9. The third-order valence-corrected chi connectivity index (χ3v) is 5.08. The molecule has 1 saturated heterocycles. The van der Waals surface area contributed by atoms with Gasteiger partial charge in [-0.2, -0.15) is 0 Å². The molecular weight excluding hydrogens is 330 g/mol. The van der Waals surface area contributed by atoms with E-state index in [1.807, 2.05) is 30.3 Å². The van der Waals surface area contributed by atoms with Gasteiger partial charge in [0, 0.05) is 0 Å². The number of unbranched alkanes of at least 4 members (excludes halogenated alkanes) is 4. The van der Waals surface area contributed by atoms with Gasteiger partial charge in [-0.15, -0.1) is 0 Å². The summed E-state index contributed by atoms with van der Waals surface area (Å²) in [6.07, 6.45) is 5.32. The lowest BCUT2D eigenvalue weighted by molar-refractivity contribution is -0.136. The Balaban J connectivity index is 1.91. The molecule has 3 atom stereocenters. The Morgan fingerprint density at radius 3 is 2.62 bits per heavy atom. The molecule has 1 fully saturated rings. The highest BCUT2D eigenvalue weighted by Gasteiger charge is 2.41. The summed E-state index contributed by atoms with van der Waals surface area (Å²) in [5, 5.41) is 10.4. The number of nitrogens with zero attached hydrogens (tertiary/aromatic N) is 1. The van der Waals surface area contributed by atoms with E-state index in [4.69, 9.17) is 4.74 Å². The van der Waals surface area contributed by atoms with E-state index in [-0.39, 0.29) is 18.6 Å². The van der Waals surface area contributed by atoms with Crippen molar-refractivity contribution in [3.63, 3.8) is 0 Å². The van der Waals surface area contributed by atoms with E-state index in [0.29, 0.717) is 12.8 Å². The molecule has 0 aliphatic carbocycles. The summed E-state index contributed by atoms with van der Waals surface area (Å²) in [6.45, 7) is 4.07. The van der Waals surface area contributed by atoms with Crippen LogP contribution in [0.4, 0.5) is 4.79 Å². The number of benzene rings is 1. The molecule has 0 radical (unpaired) electrons. The molecule has 0 saturated carbocycles. The van der Waals surface area contributed by atoms with Gasteiger partial charge < -0.3 is 9.84 Å². The number of aliphatic hydroxyl groups is 1. The lowest BCUT2D eigenvalue weighted by Crippen LogP contribution is -2.45. The molecule has 26 heavy (non-hydrogen) atoms. The quantitative estimate of drug-likeness (QED) is 0.641. The van der Waals surface area contributed by atoms with E-state index in [1.54, 1.807) is 6.92 Å². The summed E-state index contributed by atoms with van der Waals surface area (Å²) < 4.78 is 5.11. The molecule has 5 nitrogen and oxygen atoms in total. The number of cyclic esters (lactones) is 1. The Hall–Kier alpha value is -1.88. The van der Waals surface area contributed by atoms with Gasteiger partial charge in [-0.3, -0.25) is 4.79 Å². The second-order valence-electron chi connectivity index (χ2n) is 7.19. The maximum Gasteiger partial charge on any atom is 0.416 e. The third-order valence-electron chi connectivity index (χ3n) is 5.08. The number of carbonyl (C=O) groups excluding carboxylic acids is 2. The average Bonchev–Trinajstić information content (AvgIpc) is 3.01. The van der Waals surface area contributed by atoms with Crippen LogP contribution in [0.25, 0.3) is 0 Å². The number of aliphatic hydroxyl groups excluding tert-OH is 1. The molecular formula is C21H31NO4. The van der Waals surface area contributed by atoms with Gasteiger partial charge in [-0.25, -0.2) is 9.69 Å². The van der Waals surface area contributed by atoms with Gasteiger partial charge >= 0.3 is 6.09 Å². The largest absolute Gasteiger partial charge is 0.447 e. The molecule has 1 unspecified atom stereocenters. The van der Waals surface area contributed by atoms with Crippen molar-refractivity contribution in [3.05, 3.63) is 35.9 Å². The van der Waals surface area contributed by atoms with E-state index in [1.165, 1.54) is 17.7 Å². The lowest BCUT2D eigenvalue weighted by atomic mass is 9.96. The molecule has 0 spiro atoms. The summed E-state index contributed by atoms with van der Waals surface area (Å²) in [5.41, 5.74) is 1.05. The Morgan fingerprint density at radius 1 is 1.23 bits per heavy atom. The minimum absolute atomic E-state index is 0.208. The first-order valence-corrected chi connectivity index (χ1v) is 9.76. The fraction of sp³-hybridized carbons (Fsp3) is 0.619. The zero-order valence-electron chi connectivity index (χ0n) is 15.9. The molecule has 0 bridgehead atoms. The molecule has 144 valence electrons. The fourth-order valence-electron chi connectivity index (χ4n) is 3.36. The van der Waals surface area contributed by atoms with E-state index < -0.39 is 18.1 Å². The molecule has 1 heterocycles. The summed E-state index contributed by atoms with van der Waals surface area (Å²) >= 11 is 0. The first-order chi connectivity index (χ1) is 12.5. The monoisotopic (exact) mass is 361 g/mol. The van der Waals surface area contributed by atoms with E-state index in [9.17, 15) is 14.7 Å². The lowest BCUT2D eigenvalue weighted by Gasteiger charge is -2.25. The van der Waals surface area contributed by atoms with Crippen molar-refractivity contribution in [2.45, 2.75) is 70.9 Å². The summed E-state index contributed by atoms with van der Waals surface area (Å²) in [5.74, 6) is -0.945. The summed E-state index contributed by atoms with van der Waals surface area (Å²) in [6, 6.07) is 9.44. The Bertz CT molecular complexity index is 575. The second-order valence-corrected chi connectivity index (χ2v) is 7.19. The number of amides is 2. The molecule has 1 aliphatic rings. The number of hydrogen-bond donors (Lipinski definition) is 1. The van der Waals surface area contributed by atoms with E-state index >= 15 is 0 Å². The van der Waals surface area contributed by atoms with Crippen LogP contribution in [0.3, 0.4) is 0 Å². The van der Waals surface area contributed by atoms with Gasteiger partial charge in [0.1, 0.15) is 6.61 Å². The van der Waals surface area contributed by atoms with Gasteiger partial charge in [0.2, 0.25) is 5.91 Å². The van der Waals surface area contributed by atoms with Crippen LogP contribution in [-0.4, -0.2) is 40.8 Å². The van der Waals surface area contributed by atoms with Gasteiger partial charge in [0.15, 0.2) is 0 Å². The molecule has 5 heteroatoms. The van der Waals surface area contributed by atoms with Crippen LogP contribution in [0, 0.1) is 5.92 Å². The molecule has 1 aromatic carbocycles. The number of hydrogen-bond acceptors (Lipinski definition) is 4. The van der Waals surface area contributed by atoms with E-state index in [0.717, 1.165) is 24.8 Å². The average molecular weight is 361 g/mol. The number of imide groups is 1. The maximum atomic E-state index is 12.8. The predicted molar refractivity (Wildman–Crippen MR) is 101 cm³/mol. The van der Waals surface area contributed by atoms with Crippen LogP contribution in [0.15, 0.2) is 30.3 Å². The number of rotatable bonds is 10. The Kier molecular flexibility index (Phi) is 8.10. The maximum absolute atomic E-state index is 12.8. The minimum Gasteiger partial charge on any atom is -0.447 e. The highest BCUT2D eigenvalue weighted by Crippen LogP contribution is 2.22. The van der Waals surface area contributed by atoms with Crippen LogP contribution in [0.1, 0.15) is 57.9 Å². The van der Waals surface area contributed by atoms with Crippen LogP contribution in [0.2, 0.25) is 0 Å². The molecule has 1 aliphatic heterocycles. The molecule has 1 N–H and O–H groups in total. The van der Waals surface area contributed by atoms with Crippen molar-refractivity contribution in [2.75, 3.05) is 6.61 Å². The van der Waals surface area contributed by atoms with E-state index in [2.05, 4.69) is 6.92 Å². The standard InChI is InChI=1S/C21H31NO4/c1-3-4-5-6-10-13-19(23)16(2)20(24)22-18(15-26-21(22)25)14-17-11-8-7-9-12-17/h7-9,11-12,16,18-19,23H,3-6,10,13-15H2,1-2H3/t16-,18?,19-/m0/s1. The fourth-order valence-corrected chi connectivity index (χ4v) is 3.36. The van der Waals surface area contributed by atoms with Crippen molar-refractivity contribution in [3.8, 4) is 0 Å². The zero-order chi connectivity index (χ0) is 18.9. The normalized spacial score (nSPS) is 19.3. The minimum atomic E-state index is -0.727. The molecule has 2 rings (SSSR count). The number of ether oxygens (including phenoxy) is 1. The molecule has 2 amide bonds. The Morgan fingerprint density at radius 2 is 1.92 bits per heavy atom. The predicted octanol–water partition coefficient (Wildman–Crippen LogP) is 3.93. The highest BCUT2D eigenvalue weighted by molar-refractivity contribution is 5.94. The van der Waals surface area contributed by atoms with Crippen molar-refractivity contribution in [1.29, 1.82) is 0 Å². The SMILES string of the molecule is CCCCCCC[C@H](O)[C@H](C)C(=O)N1C(=O)OCC1Cc1ccccc1. The first kappa shape index (κ1) is 20.4. The smallest absolute Gasteiger partial charge is 0.416 e. The van der Waals surface area contributed by atoms with Crippen molar-refractivity contribution in [1.82, 2.24) is 4.90 Å². The van der Waals surface area contributed by atoms with Crippen LogP contribution in [-0.2, 0) is 16.0 Å². The number of carbonyl (C=O) groups is 2.